The maximum atomic E-state index is 6.42. The smallest absolute Gasteiger partial charge is 0.0393 e. The molecule has 0 heterocycles. The lowest BCUT2D eigenvalue weighted by atomic mass is 10.0. The van der Waals surface area contributed by atoms with Crippen molar-refractivity contribution < 1.29 is 0 Å². The Morgan fingerprint density at radius 1 is 1.05 bits per heavy atom. The first-order valence-electron chi connectivity index (χ1n) is 7.19. The fourth-order valence-electron chi connectivity index (χ4n) is 2.96. The van der Waals surface area contributed by atoms with E-state index in [1.807, 2.05) is 0 Å². The van der Waals surface area contributed by atoms with Crippen molar-refractivity contribution in [1.82, 2.24) is 0 Å². The highest BCUT2D eigenvalue weighted by Crippen LogP contribution is 2.32. The zero-order valence-corrected chi connectivity index (χ0v) is 12.0. The summed E-state index contributed by atoms with van der Waals surface area (Å²) in [7, 11) is 0. The summed E-state index contributed by atoms with van der Waals surface area (Å²) < 4.78 is 0. The van der Waals surface area contributed by atoms with Crippen molar-refractivity contribution in [3.8, 4) is 0 Å². The molecule has 0 saturated heterocycles. The van der Waals surface area contributed by atoms with Gasteiger partial charge in [-0.05, 0) is 29.2 Å². The molecule has 1 saturated carbocycles. The number of fused-ring (bicyclic) bond motifs is 1. The van der Waals surface area contributed by atoms with Gasteiger partial charge in [-0.15, -0.1) is 0 Å². The fraction of sp³-hybridized carbons (Fsp3) is 0.412. The predicted molar refractivity (Wildman–Crippen MR) is 85.6 cm³/mol. The Hall–Kier alpha value is -0.990. The molecule has 1 atom stereocenters. The molecule has 2 heteroatoms. The Balaban J connectivity index is 1.75. The summed E-state index contributed by atoms with van der Waals surface area (Å²) in [5, 5.41) is 3.45. The molecule has 1 fully saturated rings. The molecule has 1 nitrogen and oxygen atoms in total. The lowest BCUT2D eigenvalue weighted by Crippen LogP contribution is -2.15. The van der Waals surface area contributed by atoms with Crippen molar-refractivity contribution in [2.24, 2.45) is 5.73 Å². The third-order valence-corrected chi connectivity index (χ3v) is 5.53. The first kappa shape index (κ1) is 13.0. The topological polar surface area (TPSA) is 26.0 Å². The molecule has 1 unspecified atom stereocenters. The molecule has 0 aromatic heterocycles. The van der Waals surface area contributed by atoms with E-state index in [4.69, 9.17) is 5.73 Å². The summed E-state index contributed by atoms with van der Waals surface area (Å²) >= 11 is 2.07. The molecule has 0 spiro atoms. The second-order valence-corrected chi connectivity index (χ2v) is 6.75. The molecule has 1 aliphatic carbocycles. The molecule has 0 bridgehead atoms. The van der Waals surface area contributed by atoms with Gasteiger partial charge in [0, 0.05) is 17.0 Å². The zero-order valence-electron chi connectivity index (χ0n) is 11.2. The van der Waals surface area contributed by atoms with E-state index in [1.54, 1.807) is 0 Å². The summed E-state index contributed by atoms with van der Waals surface area (Å²) in [6.45, 7) is 0. The molecule has 3 rings (SSSR count). The Bertz CT molecular complexity index is 540. The van der Waals surface area contributed by atoms with Gasteiger partial charge in [0.05, 0.1) is 0 Å². The summed E-state index contributed by atoms with van der Waals surface area (Å²) in [6.07, 6.45) is 5.57. The molecular weight excluding hydrogens is 250 g/mol. The third-order valence-electron chi connectivity index (χ3n) is 4.04. The minimum absolute atomic E-state index is 0.150. The zero-order chi connectivity index (χ0) is 13.1. The molecule has 1 aliphatic rings. The van der Waals surface area contributed by atoms with Gasteiger partial charge in [0.15, 0.2) is 0 Å². The molecule has 19 heavy (non-hydrogen) atoms. The van der Waals surface area contributed by atoms with Crippen LogP contribution < -0.4 is 5.73 Å². The summed E-state index contributed by atoms with van der Waals surface area (Å²) in [5.74, 6) is 1.04. The van der Waals surface area contributed by atoms with Crippen molar-refractivity contribution in [2.45, 2.75) is 37.0 Å². The van der Waals surface area contributed by atoms with Crippen LogP contribution in [0, 0.1) is 0 Å². The predicted octanol–water partition coefficient (Wildman–Crippen LogP) is 4.52. The van der Waals surface area contributed by atoms with Crippen LogP contribution in [0.5, 0.6) is 0 Å². The van der Waals surface area contributed by atoms with Gasteiger partial charge in [0.25, 0.3) is 0 Å². The van der Waals surface area contributed by atoms with E-state index in [-0.39, 0.29) is 6.04 Å². The minimum atomic E-state index is 0.150. The highest BCUT2D eigenvalue weighted by Gasteiger charge is 2.17. The van der Waals surface area contributed by atoms with Crippen LogP contribution in [0.1, 0.15) is 37.3 Å². The van der Waals surface area contributed by atoms with Gasteiger partial charge in [-0.1, -0.05) is 55.3 Å². The SMILES string of the molecule is NC(CSC1CCCC1)c1cccc2ccccc12. The van der Waals surface area contributed by atoms with Crippen molar-refractivity contribution in [1.29, 1.82) is 0 Å². The summed E-state index contributed by atoms with van der Waals surface area (Å²) in [5.41, 5.74) is 7.71. The highest BCUT2D eigenvalue weighted by molar-refractivity contribution is 7.99. The van der Waals surface area contributed by atoms with Gasteiger partial charge in [-0.3, -0.25) is 0 Å². The number of benzene rings is 2. The van der Waals surface area contributed by atoms with E-state index in [2.05, 4.69) is 54.2 Å². The Morgan fingerprint density at radius 2 is 1.79 bits per heavy atom. The molecule has 0 amide bonds. The third kappa shape index (κ3) is 2.96. The number of thioether (sulfide) groups is 1. The first-order valence-corrected chi connectivity index (χ1v) is 8.24. The van der Waals surface area contributed by atoms with E-state index in [0.717, 1.165) is 11.0 Å². The second-order valence-electron chi connectivity index (χ2n) is 5.41. The van der Waals surface area contributed by atoms with E-state index in [9.17, 15) is 0 Å². The normalized spacial score (nSPS) is 17.9. The number of hydrogen-bond acceptors (Lipinski definition) is 2. The van der Waals surface area contributed by atoms with E-state index >= 15 is 0 Å². The molecule has 0 aliphatic heterocycles. The van der Waals surface area contributed by atoms with Crippen LogP contribution in [-0.4, -0.2) is 11.0 Å². The standard InChI is InChI=1S/C17H21NS/c18-17(12-19-14-8-2-3-9-14)16-11-5-7-13-6-1-4-10-15(13)16/h1,4-7,10-11,14,17H,2-3,8-9,12,18H2. The van der Waals surface area contributed by atoms with Crippen LogP contribution in [0.25, 0.3) is 10.8 Å². The lowest BCUT2D eigenvalue weighted by molar-refractivity contribution is 0.827. The van der Waals surface area contributed by atoms with E-state index in [0.29, 0.717) is 0 Å². The maximum absolute atomic E-state index is 6.42. The van der Waals surface area contributed by atoms with Gasteiger partial charge in [-0.25, -0.2) is 0 Å². The Labute approximate surface area is 119 Å². The van der Waals surface area contributed by atoms with Gasteiger partial charge >= 0.3 is 0 Å². The maximum Gasteiger partial charge on any atom is 0.0393 e. The number of nitrogens with two attached hydrogens (primary N) is 1. The van der Waals surface area contributed by atoms with Crippen molar-refractivity contribution in [2.75, 3.05) is 5.75 Å². The average Bonchev–Trinajstić information content (AvgIpc) is 2.97. The molecular formula is C17H21NS. The number of hydrogen-bond donors (Lipinski definition) is 1. The van der Waals surface area contributed by atoms with Crippen molar-refractivity contribution in [3.63, 3.8) is 0 Å². The van der Waals surface area contributed by atoms with E-state index in [1.165, 1.54) is 42.0 Å². The van der Waals surface area contributed by atoms with Crippen molar-refractivity contribution in [3.05, 3.63) is 48.0 Å². The minimum Gasteiger partial charge on any atom is -0.323 e. The largest absolute Gasteiger partial charge is 0.323 e. The Kier molecular flexibility index (Phi) is 4.09. The highest BCUT2D eigenvalue weighted by atomic mass is 32.2. The number of rotatable bonds is 4. The van der Waals surface area contributed by atoms with Crippen LogP contribution in [0.3, 0.4) is 0 Å². The van der Waals surface area contributed by atoms with Crippen LogP contribution in [0.2, 0.25) is 0 Å². The Morgan fingerprint density at radius 3 is 2.63 bits per heavy atom. The van der Waals surface area contributed by atoms with Crippen molar-refractivity contribution >= 4 is 22.5 Å². The van der Waals surface area contributed by atoms with Gasteiger partial charge < -0.3 is 5.73 Å². The van der Waals surface area contributed by atoms with Crippen LogP contribution in [0.4, 0.5) is 0 Å². The molecule has 2 aromatic carbocycles. The van der Waals surface area contributed by atoms with Crippen LogP contribution in [0.15, 0.2) is 42.5 Å². The van der Waals surface area contributed by atoms with Gasteiger partial charge in [0.1, 0.15) is 0 Å². The summed E-state index contributed by atoms with van der Waals surface area (Å²) in [6, 6.07) is 15.2. The molecule has 2 N–H and O–H groups in total. The van der Waals surface area contributed by atoms with E-state index < -0.39 is 0 Å². The second kappa shape index (κ2) is 5.98. The monoisotopic (exact) mass is 271 g/mol. The first-order chi connectivity index (χ1) is 9.34. The average molecular weight is 271 g/mol. The quantitative estimate of drug-likeness (QED) is 0.885. The molecule has 2 aromatic rings. The van der Waals surface area contributed by atoms with Crippen LogP contribution >= 0.6 is 11.8 Å². The molecule has 100 valence electrons. The van der Waals surface area contributed by atoms with Crippen LogP contribution in [-0.2, 0) is 0 Å². The lowest BCUT2D eigenvalue weighted by Gasteiger charge is -2.17. The van der Waals surface area contributed by atoms with Gasteiger partial charge in [-0.2, -0.15) is 11.8 Å². The molecule has 0 radical (unpaired) electrons. The fourth-order valence-corrected chi connectivity index (χ4v) is 4.28. The summed E-state index contributed by atoms with van der Waals surface area (Å²) in [4.78, 5) is 0. The van der Waals surface area contributed by atoms with Gasteiger partial charge in [0.2, 0.25) is 0 Å².